The quantitative estimate of drug-likeness (QED) is 0.391. The van der Waals surface area contributed by atoms with E-state index in [9.17, 15) is 4.79 Å². The normalized spacial score (nSPS) is 15.2. The highest BCUT2D eigenvalue weighted by molar-refractivity contribution is 5.80. The van der Waals surface area contributed by atoms with Crippen molar-refractivity contribution in [1.29, 1.82) is 0 Å². The molecule has 1 saturated heterocycles. The number of likely N-dealkylation sites (tertiary alicyclic amines) is 1. The fourth-order valence-corrected chi connectivity index (χ4v) is 2.90. The Bertz CT molecular complexity index is 633. The van der Waals surface area contributed by atoms with Gasteiger partial charge in [0.15, 0.2) is 5.96 Å². The van der Waals surface area contributed by atoms with Crippen molar-refractivity contribution in [2.45, 2.75) is 32.4 Å². The SMILES string of the molecule is CCOC(=O)N1CCC(NC(=NC)NCc2cccnc2OCCOC)CC1. The lowest BCUT2D eigenvalue weighted by molar-refractivity contribution is 0.0963. The predicted octanol–water partition coefficient (Wildman–Crippen LogP) is 1.39. The average Bonchev–Trinajstić information content (AvgIpc) is 2.72. The lowest BCUT2D eigenvalue weighted by Crippen LogP contribution is -2.49. The van der Waals surface area contributed by atoms with Crippen LogP contribution in [0.2, 0.25) is 0 Å². The van der Waals surface area contributed by atoms with Crippen molar-refractivity contribution in [1.82, 2.24) is 20.5 Å². The molecule has 0 aliphatic carbocycles. The van der Waals surface area contributed by atoms with Gasteiger partial charge in [-0.1, -0.05) is 6.07 Å². The zero-order chi connectivity index (χ0) is 20.2. The average molecular weight is 393 g/mol. The van der Waals surface area contributed by atoms with Crippen LogP contribution < -0.4 is 15.4 Å². The number of guanidine groups is 1. The van der Waals surface area contributed by atoms with Crippen molar-refractivity contribution in [2.24, 2.45) is 4.99 Å². The van der Waals surface area contributed by atoms with Crippen molar-refractivity contribution in [3.8, 4) is 5.88 Å². The Labute approximate surface area is 166 Å². The summed E-state index contributed by atoms with van der Waals surface area (Å²) in [6, 6.07) is 4.09. The molecule has 28 heavy (non-hydrogen) atoms. The molecule has 0 spiro atoms. The monoisotopic (exact) mass is 393 g/mol. The first-order valence-corrected chi connectivity index (χ1v) is 9.62. The minimum atomic E-state index is -0.235. The summed E-state index contributed by atoms with van der Waals surface area (Å²) < 4.78 is 15.7. The number of hydrogen-bond donors (Lipinski definition) is 2. The van der Waals surface area contributed by atoms with Gasteiger partial charge < -0.3 is 29.7 Å². The molecule has 0 atom stereocenters. The van der Waals surface area contributed by atoms with Gasteiger partial charge in [0.25, 0.3) is 0 Å². The molecule has 1 aliphatic rings. The molecule has 0 saturated carbocycles. The van der Waals surface area contributed by atoms with Crippen LogP contribution in [0.15, 0.2) is 23.3 Å². The number of piperidine rings is 1. The fraction of sp³-hybridized carbons (Fsp3) is 0.632. The van der Waals surface area contributed by atoms with Crippen LogP contribution in [0.25, 0.3) is 0 Å². The smallest absolute Gasteiger partial charge is 0.409 e. The maximum absolute atomic E-state index is 11.8. The van der Waals surface area contributed by atoms with E-state index in [1.807, 2.05) is 19.1 Å². The van der Waals surface area contributed by atoms with Gasteiger partial charge in [-0.25, -0.2) is 9.78 Å². The van der Waals surface area contributed by atoms with Gasteiger partial charge in [-0.3, -0.25) is 4.99 Å². The van der Waals surface area contributed by atoms with Gasteiger partial charge in [0.05, 0.1) is 13.2 Å². The number of nitrogens with one attached hydrogen (secondary N) is 2. The molecule has 2 heterocycles. The molecule has 1 aromatic rings. The molecule has 9 heteroatoms. The highest BCUT2D eigenvalue weighted by atomic mass is 16.6. The third-order valence-electron chi connectivity index (χ3n) is 4.41. The van der Waals surface area contributed by atoms with Gasteiger partial charge >= 0.3 is 6.09 Å². The Balaban J connectivity index is 1.80. The van der Waals surface area contributed by atoms with Crippen LogP contribution in [-0.4, -0.2) is 75.0 Å². The summed E-state index contributed by atoms with van der Waals surface area (Å²) in [5, 5.41) is 6.72. The molecule has 0 bridgehead atoms. The van der Waals surface area contributed by atoms with E-state index in [0.29, 0.717) is 51.3 Å². The lowest BCUT2D eigenvalue weighted by Gasteiger charge is -2.32. The third-order valence-corrected chi connectivity index (χ3v) is 4.41. The molecule has 2 N–H and O–H groups in total. The maximum Gasteiger partial charge on any atom is 0.409 e. The number of nitrogens with zero attached hydrogens (tertiary/aromatic N) is 3. The van der Waals surface area contributed by atoms with Gasteiger partial charge in [0.2, 0.25) is 5.88 Å². The highest BCUT2D eigenvalue weighted by Gasteiger charge is 2.24. The number of amides is 1. The molecule has 0 aromatic carbocycles. The molecular formula is C19H31N5O4. The van der Waals surface area contributed by atoms with Crippen molar-refractivity contribution in [2.75, 3.05) is 47.1 Å². The number of hydrogen-bond acceptors (Lipinski definition) is 6. The third kappa shape index (κ3) is 6.88. The molecule has 1 aromatic heterocycles. The molecule has 1 aliphatic heterocycles. The summed E-state index contributed by atoms with van der Waals surface area (Å²) in [7, 11) is 3.37. The number of carbonyl (C=O) groups excluding carboxylic acids is 1. The van der Waals surface area contributed by atoms with Crippen molar-refractivity contribution < 1.29 is 19.0 Å². The van der Waals surface area contributed by atoms with E-state index in [-0.39, 0.29) is 12.1 Å². The molecule has 1 amide bonds. The lowest BCUT2D eigenvalue weighted by atomic mass is 10.1. The molecular weight excluding hydrogens is 362 g/mol. The molecule has 9 nitrogen and oxygen atoms in total. The van der Waals surface area contributed by atoms with Crippen LogP contribution in [-0.2, 0) is 16.0 Å². The largest absolute Gasteiger partial charge is 0.475 e. The molecule has 0 radical (unpaired) electrons. The first kappa shape index (κ1) is 21.7. The van der Waals surface area contributed by atoms with Crippen molar-refractivity contribution in [3.05, 3.63) is 23.9 Å². The Hall–Kier alpha value is -2.55. The Morgan fingerprint density at radius 3 is 2.82 bits per heavy atom. The van der Waals surface area contributed by atoms with Gasteiger partial charge in [0, 0.05) is 51.6 Å². The number of pyridine rings is 1. The summed E-state index contributed by atoms with van der Waals surface area (Å²) >= 11 is 0. The van der Waals surface area contributed by atoms with E-state index < -0.39 is 0 Å². The first-order chi connectivity index (χ1) is 13.7. The van der Waals surface area contributed by atoms with Gasteiger partial charge in [-0.15, -0.1) is 0 Å². The second-order valence-corrected chi connectivity index (χ2v) is 6.34. The van der Waals surface area contributed by atoms with E-state index >= 15 is 0 Å². The summed E-state index contributed by atoms with van der Waals surface area (Å²) in [6.07, 6.45) is 3.16. The zero-order valence-corrected chi connectivity index (χ0v) is 16.9. The van der Waals surface area contributed by atoms with Crippen LogP contribution in [0, 0.1) is 0 Å². The van der Waals surface area contributed by atoms with Crippen LogP contribution in [0.1, 0.15) is 25.3 Å². The Kier molecular flexibility index (Phi) is 9.33. The number of ether oxygens (including phenoxy) is 3. The predicted molar refractivity (Wildman–Crippen MR) is 107 cm³/mol. The standard InChI is InChI=1S/C19H31N5O4/c1-4-27-19(25)24-10-7-16(8-11-24)23-18(20-2)22-14-15-6-5-9-21-17(15)28-13-12-26-3/h5-6,9,16H,4,7-8,10-14H2,1-3H3,(H2,20,22,23). The molecule has 2 rings (SSSR count). The molecule has 0 unspecified atom stereocenters. The summed E-state index contributed by atoms with van der Waals surface area (Å²) in [5.74, 6) is 1.30. The second-order valence-electron chi connectivity index (χ2n) is 6.34. The number of aromatic nitrogens is 1. The van der Waals surface area contributed by atoms with Gasteiger partial charge in [-0.05, 0) is 25.8 Å². The van der Waals surface area contributed by atoms with Gasteiger partial charge in [0.1, 0.15) is 6.61 Å². The van der Waals surface area contributed by atoms with E-state index in [1.165, 1.54) is 0 Å². The van der Waals surface area contributed by atoms with E-state index in [2.05, 4.69) is 20.6 Å². The highest BCUT2D eigenvalue weighted by Crippen LogP contribution is 2.14. The summed E-state index contributed by atoms with van der Waals surface area (Å²) in [4.78, 5) is 22.1. The van der Waals surface area contributed by atoms with Gasteiger partial charge in [-0.2, -0.15) is 0 Å². The van der Waals surface area contributed by atoms with Crippen LogP contribution >= 0.6 is 0 Å². The van der Waals surface area contributed by atoms with Crippen molar-refractivity contribution >= 4 is 12.1 Å². The number of methoxy groups -OCH3 is 1. The number of carbonyl (C=O) groups is 1. The van der Waals surface area contributed by atoms with Crippen LogP contribution in [0.3, 0.4) is 0 Å². The first-order valence-electron chi connectivity index (χ1n) is 9.62. The fourth-order valence-electron chi connectivity index (χ4n) is 2.90. The number of rotatable bonds is 8. The van der Waals surface area contributed by atoms with E-state index in [0.717, 1.165) is 18.4 Å². The molecule has 156 valence electrons. The Morgan fingerprint density at radius 2 is 2.14 bits per heavy atom. The van der Waals surface area contributed by atoms with Crippen molar-refractivity contribution in [3.63, 3.8) is 0 Å². The molecule has 1 fully saturated rings. The topological polar surface area (TPSA) is 97.3 Å². The minimum Gasteiger partial charge on any atom is -0.475 e. The Morgan fingerprint density at radius 1 is 1.36 bits per heavy atom. The maximum atomic E-state index is 11.8. The zero-order valence-electron chi connectivity index (χ0n) is 16.9. The summed E-state index contributed by atoms with van der Waals surface area (Å²) in [5.41, 5.74) is 0.943. The van der Waals surface area contributed by atoms with E-state index in [4.69, 9.17) is 14.2 Å². The van der Waals surface area contributed by atoms with Crippen LogP contribution in [0.5, 0.6) is 5.88 Å². The van der Waals surface area contributed by atoms with Crippen LogP contribution in [0.4, 0.5) is 4.79 Å². The number of aliphatic imine (C=N–C) groups is 1. The summed E-state index contributed by atoms with van der Waals surface area (Å²) in [6.45, 7) is 5.07. The van der Waals surface area contributed by atoms with E-state index in [1.54, 1.807) is 25.3 Å². The second kappa shape index (κ2) is 12.0. The minimum absolute atomic E-state index is 0.235.